The molecule has 0 unspecified atom stereocenters. The molecule has 5 rings (SSSR count). The number of hydrogen-bond acceptors (Lipinski definition) is 7. The molecule has 40 heavy (non-hydrogen) atoms. The Hall–Kier alpha value is -2.42. The minimum atomic E-state index is -0.707. The smallest absolute Gasteiger partial charge is 0.338 e. The van der Waals surface area contributed by atoms with Crippen molar-refractivity contribution in [2.45, 2.75) is 17.9 Å². The highest BCUT2D eigenvalue weighted by molar-refractivity contribution is 14.1. The van der Waals surface area contributed by atoms with Crippen molar-refractivity contribution in [2.24, 2.45) is 4.99 Å². The van der Waals surface area contributed by atoms with Crippen LogP contribution in [-0.2, 0) is 9.53 Å². The normalized spacial score (nSPS) is 15.0. The number of carbonyl (C=O) groups excluding carboxylic acids is 1. The van der Waals surface area contributed by atoms with E-state index < -0.39 is 12.0 Å². The quantitative estimate of drug-likeness (QED) is 0.133. The van der Waals surface area contributed by atoms with Gasteiger partial charge in [0, 0.05) is 19.6 Å². The first-order chi connectivity index (χ1) is 19.4. The van der Waals surface area contributed by atoms with Crippen molar-refractivity contribution in [3.05, 3.63) is 116 Å². The lowest BCUT2D eigenvalue weighted by Gasteiger charge is -2.26. The van der Waals surface area contributed by atoms with Crippen LogP contribution in [0.1, 0.15) is 29.7 Å². The Morgan fingerprint density at radius 2 is 1.85 bits per heavy atom. The Morgan fingerprint density at radius 1 is 1.12 bits per heavy atom. The van der Waals surface area contributed by atoms with Crippen molar-refractivity contribution in [3.63, 3.8) is 0 Å². The predicted molar refractivity (Wildman–Crippen MR) is 178 cm³/mol. The third-order valence-corrected chi connectivity index (χ3v) is 9.48. The van der Waals surface area contributed by atoms with Gasteiger partial charge in [0.25, 0.3) is 5.56 Å². The second kappa shape index (κ2) is 12.6. The van der Waals surface area contributed by atoms with Gasteiger partial charge >= 0.3 is 5.97 Å². The highest BCUT2D eigenvalue weighted by atomic mass is 127. The number of hydrogen-bond donors (Lipinski definition) is 0. The van der Waals surface area contributed by atoms with E-state index in [0.29, 0.717) is 26.4 Å². The molecule has 2 heterocycles. The van der Waals surface area contributed by atoms with Gasteiger partial charge in [-0.15, -0.1) is 11.8 Å². The molecule has 1 aliphatic rings. The summed E-state index contributed by atoms with van der Waals surface area (Å²) in [7, 11) is 1.62. The average Bonchev–Trinajstić information content (AvgIpc) is 3.27. The summed E-state index contributed by atoms with van der Waals surface area (Å²) in [5.74, 6) is 0.209. The van der Waals surface area contributed by atoms with Crippen LogP contribution in [0, 0.1) is 7.14 Å². The fraction of sp³-hybridized carbons (Fsp3) is 0.167. The Kier molecular flexibility index (Phi) is 9.18. The molecule has 6 nitrogen and oxygen atoms in total. The van der Waals surface area contributed by atoms with Crippen LogP contribution < -0.4 is 19.6 Å². The molecule has 10 heteroatoms. The van der Waals surface area contributed by atoms with Crippen LogP contribution in [0.25, 0.3) is 11.8 Å². The van der Waals surface area contributed by atoms with Crippen molar-refractivity contribution >= 4 is 86.0 Å². The van der Waals surface area contributed by atoms with E-state index in [0.717, 1.165) is 28.7 Å². The number of thioether (sulfide) groups is 1. The molecule has 3 aromatic carbocycles. The molecule has 0 N–H and O–H groups in total. The van der Waals surface area contributed by atoms with Crippen LogP contribution in [-0.4, -0.2) is 30.5 Å². The van der Waals surface area contributed by atoms with E-state index in [2.05, 4.69) is 45.2 Å². The maximum Gasteiger partial charge on any atom is 0.338 e. The average molecular weight is 794 g/mol. The Labute approximate surface area is 267 Å². The van der Waals surface area contributed by atoms with Gasteiger partial charge in [-0.3, -0.25) is 9.36 Å². The standard InChI is InChI=1S/C30H24I2N2O4S2/c1-4-38-29(36)24-25(17-8-6-5-7-9-17)33-30-34(26(24)18-10-12-21(39-3)13-11-18)28(35)23(40-30)15-19-14-20(31)16-22(32)27(19)37-2/h5-16,26H,4H2,1-3H3/b23-15-/t26-/m0/s1. The molecule has 0 saturated carbocycles. The number of carbonyl (C=O) groups is 1. The van der Waals surface area contributed by atoms with E-state index in [4.69, 9.17) is 14.5 Å². The van der Waals surface area contributed by atoms with Crippen LogP contribution in [0.15, 0.2) is 87.0 Å². The molecule has 1 aliphatic heterocycles. The van der Waals surface area contributed by atoms with E-state index in [-0.39, 0.29) is 12.2 Å². The number of esters is 1. The van der Waals surface area contributed by atoms with Crippen molar-refractivity contribution < 1.29 is 14.3 Å². The number of nitrogens with zero attached hydrogens (tertiary/aromatic N) is 2. The molecule has 0 bridgehead atoms. The van der Waals surface area contributed by atoms with Gasteiger partial charge in [0.2, 0.25) is 0 Å². The fourth-order valence-corrected chi connectivity index (χ4v) is 8.10. The van der Waals surface area contributed by atoms with Crippen LogP contribution >= 0.6 is 68.3 Å². The Morgan fingerprint density at radius 3 is 2.50 bits per heavy atom. The van der Waals surface area contributed by atoms with E-state index in [1.807, 2.05) is 79.1 Å². The van der Waals surface area contributed by atoms with Crippen molar-refractivity contribution in [1.29, 1.82) is 0 Å². The first-order valence-corrected chi connectivity index (χ1v) is 16.5. The van der Waals surface area contributed by atoms with Gasteiger partial charge in [0.05, 0.1) is 39.1 Å². The fourth-order valence-electron chi connectivity index (χ4n) is 4.59. The topological polar surface area (TPSA) is 69.9 Å². The third-order valence-electron chi connectivity index (χ3n) is 6.33. The number of fused-ring (bicyclic) bond motifs is 1. The molecular formula is C30H24I2N2O4S2. The predicted octanol–water partition coefficient (Wildman–Crippen LogP) is 5.88. The molecule has 0 saturated heterocycles. The number of rotatable bonds is 7. The van der Waals surface area contributed by atoms with Crippen LogP contribution in [0.3, 0.4) is 0 Å². The highest BCUT2D eigenvalue weighted by Gasteiger charge is 2.35. The summed E-state index contributed by atoms with van der Waals surface area (Å²) in [6.45, 7) is 1.98. The molecule has 1 atom stereocenters. The van der Waals surface area contributed by atoms with E-state index in [1.165, 1.54) is 11.3 Å². The molecule has 0 amide bonds. The largest absolute Gasteiger partial charge is 0.495 e. The summed E-state index contributed by atoms with van der Waals surface area (Å²) in [6, 6.07) is 20.8. The van der Waals surface area contributed by atoms with Gasteiger partial charge in [-0.25, -0.2) is 9.79 Å². The van der Waals surface area contributed by atoms with Gasteiger partial charge < -0.3 is 9.47 Å². The van der Waals surface area contributed by atoms with E-state index in [1.54, 1.807) is 30.4 Å². The van der Waals surface area contributed by atoms with Crippen LogP contribution in [0.4, 0.5) is 0 Å². The summed E-state index contributed by atoms with van der Waals surface area (Å²) >= 11 is 7.42. The second-order valence-corrected chi connectivity index (χ2v) is 13.0. The molecule has 0 spiro atoms. The monoisotopic (exact) mass is 794 g/mol. The maximum atomic E-state index is 14.1. The van der Waals surface area contributed by atoms with Crippen molar-refractivity contribution in [2.75, 3.05) is 20.0 Å². The van der Waals surface area contributed by atoms with Crippen molar-refractivity contribution in [1.82, 2.24) is 4.57 Å². The molecule has 0 radical (unpaired) electrons. The lowest BCUT2D eigenvalue weighted by molar-refractivity contribution is -0.138. The zero-order valence-corrected chi connectivity index (χ0v) is 27.8. The number of thiazole rings is 1. The van der Waals surface area contributed by atoms with Crippen LogP contribution in [0.5, 0.6) is 5.75 Å². The zero-order chi connectivity index (χ0) is 28.4. The first-order valence-electron chi connectivity index (χ1n) is 12.3. The molecule has 4 aromatic rings. The third kappa shape index (κ3) is 5.68. The van der Waals surface area contributed by atoms with Crippen LogP contribution in [0.2, 0.25) is 0 Å². The summed E-state index contributed by atoms with van der Waals surface area (Å²) in [6.07, 6.45) is 3.85. The summed E-state index contributed by atoms with van der Waals surface area (Å²) in [4.78, 5) is 34.2. The van der Waals surface area contributed by atoms with E-state index in [9.17, 15) is 9.59 Å². The minimum absolute atomic E-state index is 0.206. The Bertz CT molecular complexity index is 1800. The Balaban J connectivity index is 1.84. The first kappa shape index (κ1) is 29.1. The van der Waals surface area contributed by atoms with Gasteiger partial charge in [0.1, 0.15) is 5.75 Å². The van der Waals surface area contributed by atoms with Gasteiger partial charge in [0.15, 0.2) is 4.80 Å². The molecule has 0 aliphatic carbocycles. The minimum Gasteiger partial charge on any atom is -0.495 e. The number of aromatic nitrogens is 1. The summed E-state index contributed by atoms with van der Waals surface area (Å²) in [5.41, 5.74) is 3.00. The number of methoxy groups -OCH3 is 1. The van der Waals surface area contributed by atoms with Gasteiger partial charge in [-0.1, -0.05) is 53.8 Å². The van der Waals surface area contributed by atoms with Gasteiger partial charge in [-0.05, 0) is 94.3 Å². The molecule has 204 valence electrons. The summed E-state index contributed by atoms with van der Waals surface area (Å²) in [5, 5.41) is 0. The number of benzene rings is 3. The lowest BCUT2D eigenvalue weighted by Crippen LogP contribution is -2.40. The lowest BCUT2D eigenvalue weighted by atomic mass is 9.93. The van der Waals surface area contributed by atoms with Gasteiger partial charge in [-0.2, -0.15) is 0 Å². The SMILES string of the molecule is CCOC(=O)C1=C(c2ccccc2)N=c2s/c(=C\c3cc(I)cc(I)c3OC)c(=O)n2[C@H]1c1ccc(SC)cc1. The highest BCUT2D eigenvalue weighted by Crippen LogP contribution is 2.36. The number of halogens is 2. The van der Waals surface area contributed by atoms with Crippen molar-refractivity contribution in [3.8, 4) is 5.75 Å². The number of ether oxygens (including phenoxy) is 2. The zero-order valence-electron chi connectivity index (χ0n) is 21.8. The molecular weight excluding hydrogens is 770 g/mol. The molecule has 0 fully saturated rings. The summed E-state index contributed by atoms with van der Waals surface area (Å²) < 4.78 is 15.3. The molecule has 1 aromatic heterocycles. The second-order valence-electron chi connectivity index (χ2n) is 8.71. The van der Waals surface area contributed by atoms with E-state index >= 15 is 0 Å². The maximum absolute atomic E-state index is 14.1.